The van der Waals surface area contributed by atoms with Gasteiger partial charge in [0, 0.05) is 36.8 Å². The molecule has 35 heavy (non-hydrogen) atoms. The lowest BCUT2D eigenvalue weighted by molar-refractivity contribution is -0.126. The first-order chi connectivity index (χ1) is 16.8. The number of hydrogen-bond donors (Lipinski definition) is 2. The minimum absolute atomic E-state index is 0.0603. The minimum Gasteiger partial charge on any atom is -0.356 e. The minimum atomic E-state index is -3.76. The molecule has 0 radical (unpaired) electrons. The molecule has 0 atom stereocenters. The van der Waals surface area contributed by atoms with Crippen LogP contribution in [-0.4, -0.2) is 44.8 Å². The fourth-order valence-corrected chi connectivity index (χ4v) is 6.39. The van der Waals surface area contributed by atoms with E-state index in [4.69, 9.17) is 0 Å². The molecule has 1 saturated heterocycles. The third-order valence-electron chi connectivity index (χ3n) is 7.19. The maximum Gasteiger partial charge on any atom is 0.262 e. The lowest BCUT2D eigenvalue weighted by atomic mass is 9.89. The third kappa shape index (κ3) is 6.42. The molecule has 7 nitrogen and oxygen atoms in total. The Labute approximate surface area is 208 Å². The number of rotatable bonds is 7. The fraction of sp³-hybridized carbons (Fsp3) is 0.481. The largest absolute Gasteiger partial charge is 0.356 e. The van der Waals surface area contributed by atoms with E-state index in [2.05, 4.69) is 10.0 Å². The number of aryl methyl sites for hydroxylation is 1. The number of hydrogen-bond acceptors (Lipinski definition) is 4. The van der Waals surface area contributed by atoms with Crippen molar-refractivity contribution in [1.82, 2.24) is 10.2 Å². The second-order valence-corrected chi connectivity index (χ2v) is 11.4. The van der Waals surface area contributed by atoms with Crippen molar-refractivity contribution in [2.75, 3.05) is 24.4 Å². The number of benzene rings is 2. The molecular formula is C27H35N3O4S. The summed E-state index contributed by atoms with van der Waals surface area (Å²) in [7, 11) is -3.76. The Balaban J connectivity index is 1.32. The molecule has 1 aliphatic heterocycles. The van der Waals surface area contributed by atoms with Gasteiger partial charge in [0.1, 0.15) is 0 Å². The van der Waals surface area contributed by atoms with Gasteiger partial charge in [0.25, 0.3) is 15.9 Å². The Morgan fingerprint density at radius 3 is 2.37 bits per heavy atom. The normalized spacial score (nSPS) is 17.7. The van der Waals surface area contributed by atoms with Crippen LogP contribution in [0.25, 0.3) is 0 Å². The molecule has 0 spiro atoms. The molecule has 4 rings (SSSR count). The van der Waals surface area contributed by atoms with Crippen molar-refractivity contribution in [3.05, 3.63) is 59.7 Å². The van der Waals surface area contributed by atoms with Crippen LogP contribution >= 0.6 is 0 Å². The molecule has 1 saturated carbocycles. The Bertz CT molecular complexity index is 1150. The van der Waals surface area contributed by atoms with Gasteiger partial charge in [-0.2, -0.15) is 0 Å². The summed E-state index contributed by atoms with van der Waals surface area (Å²) in [6.07, 6.45) is 7.51. The van der Waals surface area contributed by atoms with E-state index in [1.165, 1.54) is 32.1 Å². The molecule has 0 bridgehead atoms. The quantitative estimate of drug-likeness (QED) is 0.595. The summed E-state index contributed by atoms with van der Waals surface area (Å²) in [5, 5.41) is 3.14. The Morgan fingerprint density at radius 1 is 0.943 bits per heavy atom. The van der Waals surface area contributed by atoms with Gasteiger partial charge in [-0.1, -0.05) is 43.5 Å². The second kappa shape index (κ2) is 11.2. The molecule has 2 aromatic carbocycles. The number of anilines is 1. The molecule has 2 aromatic rings. The zero-order chi connectivity index (χ0) is 24.8. The first kappa shape index (κ1) is 25.2. The lowest BCUT2D eigenvalue weighted by Crippen LogP contribution is -2.43. The zero-order valence-corrected chi connectivity index (χ0v) is 21.1. The van der Waals surface area contributed by atoms with Crippen molar-refractivity contribution in [2.24, 2.45) is 11.8 Å². The van der Waals surface area contributed by atoms with E-state index in [9.17, 15) is 18.0 Å². The van der Waals surface area contributed by atoms with E-state index in [1.54, 1.807) is 60.4 Å². The van der Waals surface area contributed by atoms with Crippen LogP contribution in [0, 0.1) is 18.8 Å². The van der Waals surface area contributed by atoms with Crippen LogP contribution in [-0.2, 0) is 14.8 Å². The molecular weight excluding hydrogens is 462 g/mol. The maximum atomic E-state index is 13.1. The van der Waals surface area contributed by atoms with Gasteiger partial charge in [-0.15, -0.1) is 0 Å². The molecule has 2 aliphatic rings. The molecule has 0 unspecified atom stereocenters. The van der Waals surface area contributed by atoms with Gasteiger partial charge in [-0.25, -0.2) is 8.42 Å². The molecule has 1 aliphatic carbocycles. The smallest absolute Gasteiger partial charge is 0.262 e. The Hall–Kier alpha value is -2.87. The number of sulfonamides is 1. The number of carbonyl (C=O) groups excluding carboxylic acids is 2. The topological polar surface area (TPSA) is 95.6 Å². The van der Waals surface area contributed by atoms with Crippen LogP contribution < -0.4 is 10.0 Å². The molecule has 2 fully saturated rings. The number of piperidine rings is 1. The van der Waals surface area contributed by atoms with E-state index >= 15 is 0 Å². The van der Waals surface area contributed by atoms with Gasteiger partial charge in [-0.05, 0) is 68.4 Å². The third-order valence-corrected chi connectivity index (χ3v) is 8.73. The highest BCUT2D eigenvalue weighted by atomic mass is 32.2. The first-order valence-corrected chi connectivity index (χ1v) is 14.1. The molecule has 0 aromatic heterocycles. The second-order valence-electron chi connectivity index (χ2n) is 9.77. The molecule has 1 heterocycles. The Kier molecular flexibility index (Phi) is 8.11. The van der Waals surface area contributed by atoms with Gasteiger partial charge >= 0.3 is 0 Å². The van der Waals surface area contributed by atoms with Crippen molar-refractivity contribution < 1.29 is 18.0 Å². The number of nitrogens with one attached hydrogen (secondary N) is 2. The summed E-state index contributed by atoms with van der Waals surface area (Å²) in [6, 6.07) is 13.3. The monoisotopic (exact) mass is 497 g/mol. The highest BCUT2D eigenvalue weighted by Gasteiger charge is 2.28. The average molecular weight is 498 g/mol. The van der Waals surface area contributed by atoms with Crippen molar-refractivity contribution in [3.8, 4) is 0 Å². The van der Waals surface area contributed by atoms with Crippen LogP contribution in [0.3, 0.4) is 0 Å². The van der Waals surface area contributed by atoms with Gasteiger partial charge < -0.3 is 10.2 Å². The highest BCUT2D eigenvalue weighted by molar-refractivity contribution is 7.92. The van der Waals surface area contributed by atoms with E-state index in [0.29, 0.717) is 48.7 Å². The lowest BCUT2D eigenvalue weighted by Gasteiger charge is -2.32. The van der Waals surface area contributed by atoms with Crippen LogP contribution in [0.5, 0.6) is 0 Å². The zero-order valence-electron chi connectivity index (χ0n) is 20.3. The standard InChI is InChI=1S/C27H35N3O4S/c1-20-8-5-6-13-25(20)35(33,34)29-24-12-7-11-23(18-24)27(32)30-16-14-22(15-17-30)26(31)28-19-21-9-3-2-4-10-21/h5-8,11-13,18,21-22,29H,2-4,9-10,14-17,19H2,1H3,(H,28,31). The molecule has 8 heteroatoms. The summed E-state index contributed by atoms with van der Waals surface area (Å²) in [6.45, 7) is 3.54. The number of likely N-dealkylation sites (tertiary alicyclic amines) is 1. The number of nitrogens with zero attached hydrogens (tertiary/aromatic N) is 1. The summed E-state index contributed by atoms with van der Waals surface area (Å²) >= 11 is 0. The highest BCUT2D eigenvalue weighted by Crippen LogP contribution is 2.25. The predicted octanol–water partition coefficient (Wildman–Crippen LogP) is 4.34. The van der Waals surface area contributed by atoms with Crippen molar-refractivity contribution in [3.63, 3.8) is 0 Å². The van der Waals surface area contributed by atoms with E-state index in [1.807, 2.05) is 0 Å². The van der Waals surface area contributed by atoms with Crippen LogP contribution in [0.1, 0.15) is 60.9 Å². The summed E-state index contributed by atoms with van der Waals surface area (Å²) in [5.41, 5.74) is 1.42. The predicted molar refractivity (Wildman–Crippen MR) is 137 cm³/mol. The fourth-order valence-electron chi connectivity index (χ4n) is 5.09. The molecule has 2 amide bonds. The Morgan fingerprint density at radius 2 is 1.66 bits per heavy atom. The molecule has 2 N–H and O–H groups in total. The SMILES string of the molecule is Cc1ccccc1S(=O)(=O)Nc1cccc(C(=O)N2CCC(C(=O)NCC3CCCCC3)CC2)c1. The van der Waals surface area contributed by atoms with Gasteiger partial charge in [0.15, 0.2) is 0 Å². The van der Waals surface area contributed by atoms with Crippen molar-refractivity contribution in [2.45, 2.75) is 56.8 Å². The maximum absolute atomic E-state index is 13.1. The van der Waals surface area contributed by atoms with Crippen LogP contribution in [0.4, 0.5) is 5.69 Å². The first-order valence-electron chi connectivity index (χ1n) is 12.6. The summed E-state index contributed by atoms with van der Waals surface area (Å²) in [5.74, 6) is 0.498. The van der Waals surface area contributed by atoms with Gasteiger partial charge in [-0.3, -0.25) is 14.3 Å². The summed E-state index contributed by atoms with van der Waals surface area (Å²) < 4.78 is 28.2. The van der Waals surface area contributed by atoms with E-state index in [-0.39, 0.29) is 22.6 Å². The van der Waals surface area contributed by atoms with Gasteiger partial charge in [0.2, 0.25) is 5.91 Å². The van der Waals surface area contributed by atoms with E-state index < -0.39 is 10.0 Å². The molecule has 188 valence electrons. The average Bonchev–Trinajstić information content (AvgIpc) is 2.87. The van der Waals surface area contributed by atoms with Gasteiger partial charge in [0.05, 0.1) is 4.90 Å². The van der Waals surface area contributed by atoms with Crippen LogP contribution in [0.15, 0.2) is 53.4 Å². The summed E-state index contributed by atoms with van der Waals surface area (Å²) in [4.78, 5) is 27.7. The number of amides is 2. The van der Waals surface area contributed by atoms with Crippen molar-refractivity contribution >= 4 is 27.5 Å². The van der Waals surface area contributed by atoms with Crippen LogP contribution in [0.2, 0.25) is 0 Å². The van der Waals surface area contributed by atoms with E-state index in [0.717, 1.165) is 6.54 Å². The van der Waals surface area contributed by atoms with Crippen molar-refractivity contribution in [1.29, 1.82) is 0 Å². The number of carbonyl (C=O) groups is 2.